The summed E-state index contributed by atoms with van der Waals surface area (Å²) in [6.45, 7) is -0.401. The Labute approximate surface area is 73.7 Å². The van der Waals surface area contributed by atoms with Crippen LogP contribution in [0.3, 0.4) is 0 Å². The molecule has 0 aromatic heterocycles. The van der Waals surface area contributed by atoms with Crippen LogP contribution in [0.5, 0.6) is 0 Å². The minimum absolute atomic E-state index is 0.401. The van der Waals surface area contributed by atoms with Gasteiger partial charge >= 0.3 is 0 Å². The molecular weight excluding hydrogens is 184 g/mol. The van der Waals surface area contributed by atoms with Gasteiger partial charge in [-0.25, -0.2) is 4.89 Å². The van der Waals surface area contributed by atoms with E-state index in [1.807, 2.05) is 0 Å². The SMILES string of the molecule is OOC[C@H]1OC(O)[C@H](O)[C@@H](O)[C@@H]1O. The van der Waals surface area contributed by atoms with Gasteiger partial charge in [-0.05, 0) is 0 Å². The highest BCUT2D eigenvalue weighted by Crippen LogP contribution is 2.19. The molecular formula is C6H12O7. The fraction of sp³-hybridized carbons (Fsp3) is 1.00. The number of hydrogen-bond acceptors (Lipinski definition) is 7. The van der Waals surface area contributed by atoms with Crippen LogP contribution in [-0.2, 0) is 9.62 Å². The Hall–Kier alpha value is -0.280. The van der Waals surface area contributed by atoms with Gasteiger partial charge in [-0.15, -0.1) is 0 Å². The monoisotopic (exact) mass is 196 g/mol. The molecule has 13 heavy (non-hydrogen) atoms. The summed E-state index contributed by atoms with van der Waals surface area (Å²) in [5.74, 6) is 0. The van der Waals surface area contributed by atoms with E-state index in [4.69, 9.17) is 20.6 Å². The van der Waals surface area contributed by atoms with E-state index in [2.05, 4.69) is 9.62 Å². The molecule has 1 fully saturated rings. The van der Waals surface area contributed by atoms with E-state index in [0.717, 1.165) is 0 Å². The van der Waals surface area contributed by atoms with E-state index in [1.54, 1.807) is 0 Å². The first-order chi connectivity index (χ1) is 6.07. The number of aliphatic hydroxyl groups is 4. The van der Waals surface area contributed by atoms with Gasteiger partial charge in [0.05, 0.1) is 0 Å². The summed E-state index contributed by atoms with van der Waals surface area (Å²) in [6.07, 6.45) is -7.17. The minimum Gasteiger partial charge on any atom is -0.387 e. The molecule has 0 saturated carbocycles. The second-order valence-corrected chi connectivity index (χ2v) is 2.83. The van der Waals surface area contributed by atoms with Crippen LogP contribution in [0.4, 0.5) is 0 Å². The van der Waals surface area contributed by atoms with E-state index in [1.165, 1.54) is 0 Å². The second-order valence-electron chi connectivity index (χ2n) is 2.83. The van der Waals surface area contributed by atoms with Crippen LogP contribution in [0.25, 0.3) is 0 Å². The maximum atomic E-state index is 9.22. The summed E-state index contributed by atoms with van der Waals surface area (Å²) in [5.41, 5.74) is 0. The molecule has 7 heteroatoms. The second kappa shape index (κ2) is 4.29. The smallest absolute Gasteiger partial charge is 0.184 e. The van der Waals surface area contributed by atoms with Crippen LogP contribution in [0.15, 0.2) is 0 Å². The molecule has 1 saturated heterocycles. The molecule has 1 aliphatic heterocycles. The third-order valence-corrected chi connectivity index (χ3v) is 1.93. The van der Waals surface area contributed by atoms with Crippen LogP contribution >= 0.6 is 0 Å². The van der Waals surface area contributed by atoms with E-state index in [-0.39, 0.29) is 0 Å². The molecule has 0 aromatic carbocycles. The van der Waals surface area contributed by atoms with Gasteiger partial charge in [0.25, 0.3) is 0 Å². The van der Waals surface area contributed by atoms with Crippen molar-refractivity contribution in [2.45, 2.75) is 30.7 Å². The first kappa shape index (κ1) is 10.8. The van der Waals surface area contributed by atoms with Gasteiger partial charge in [-0.1, -0.05) is 0 Å². The Morgan fingerprint density at radius 2 is 1.62 bits per heavy atom. The molecule has 1 rings (SSSR count). The van der Waals surface area contributed by atoms with Crippen LogP contribution in [0.1, 0.15) is 0 Å². The Morgan fingerprint density at radius 3 is 2.15 bits per heavy atom. The van der Waals surface area contributed by atoms with Crippen LogP contribution in [-0.4, -0.2) is 63.0 Å². The first-order valence-electron chi connectivity index (χ1n) is 3.72. The van der Waals surface area contributed by atoms with Crippen molar-refractivity contribution in [2.75, 3.05) is 6.61 Å². The standard InChI is InChI=1S/C6H12O7/c7-3-2(1-12-11)13-6(10)5(9)4(3)8/h2-11H,1H2/t2-,3-,4+,5-,6?/m1/s1. The van der Waals surface area contributed by atoms with Gasteiger partial charge in [0.1, 0.15) is 31.0 Å². The summed E-state index contributed by atoms with van der Waals surface area (Å²) < 4.78 is 4.63. The van der Waals surface area contributed by atoms with E-state index < -0.39 is 37.3 Å². The van der Waals surface area contributed by atoms with Gasteiger partial charge in [0.2, 0.25) is 0 Å². The van der Waals surface area contributed by atoms with Crippen LogP contribution in [0.2, 0.25) is 0 Å². The molecule has 1 heterocycles. The molecule has 0 spiro atoms. The molecule has 78 valence electrons. The van der Waals surface area contributed by atoms with Gasteiger partial charge in [-0.3, -0.25) is 5.26 Å². The maximum Gasteiger partial charge on any atom is 0.184 e. The molecule has 0 amide bonds. The van der Waals surface area contributed by atoms with Crippen molar-refractivity contribution in [3.63, 3.8) is 0 Å². The van der Waals surface area contributed by atoms with Crippen molar-refractivity contribution in [2.24, 2.45) is 0 Å². The third kappa shape index (κ3) is 2.15. The molecule has 0 aliphatic carbocycles. The third-order valence-electron chi connectivity index (χ3n) is 1.93. The van der Waals surface area contributed by atoms with Crippen molar-refractivity contribution in [3.8, 4) is 0 Å². The Balaban J connectivity index is 2.59. The lowest BCUT2D eigenvalue weighted by Crippen LogP contribution is -2.58. The van der Waals surface area contributed by atoms with Gasteiger partial charge in [0, 0.05) is 0 Å². The summed E-state index contributed by atoms with van der Waals surface area (Å²) >= 11 is 0. The van der Waals surface area contributed by atoms with E-state index in [9.17, 15) is 5.11 Å². The zero-order chi connectivity index (χ0) is 10.0. The quantitative estimate of drug-likeness (QED) is 0.240. The van der Waals surface area contributed by atoms with E-state index in [0.29, 0.717) is 0 Å². The molecule has 0 bridgehead atoms. The largest absolute Gasteiger partial charge is 0.387 e. The molecule has 0 radical (unpaired) electrons. The normalized spacial score (nSPS) is 46.4. The fourth-order valence-electron chi connectivity index (χ4n) is 1.14. The highest BCUT2D eigenvalue weighted by molar-refractivity contribution is 4.88. The van der Waals surface area contributed by atoms with Gasteiger partial charge in [0.15, 0.2) is 6.29 Å². The van der Waals surface area contributed by atoms with Crippen LogP contribution in [0, 0.1) is 0 Å². The first-order valence-corrected chi connectivity index (χ1v) is 3.72. The van der Waals surface area contributed by atoms with Crippen molar-refractivity contribution in [1.82, 2.24) is 0 Å². The number of ether oxygens (including phenoxy) is 1. The molecule has 1 aliphatic rings. The predicted octanol–water partition coefficient (Wildman–Crippen LogP) is -2.72. The van der Waals surface area contributed by atoms with Crippen molar-refractivity contribution >= 4 is 0 Å². The zero-order valence-electron chi connectivity index (χ0n) is 6.65. The zero-order valence-corrected chi connectivity index (χ0v) is 6.65. The lowest BCUT2D eigenvalue weighted by molar-refractivity contribution is -0.323. The molecule has 5 atom stereocenters. The summed E-state index contributed by atoms with van der Waals surface area (Å²) in [5, 5.41) is 44.4. The molecule has 5 N–H and O–H groups in total. The maximum absolute atomic E-state index is 9.22. The predicted molar refractivity (Wildman–Crippen MR) is 37.5 cm³/mol. The van der Waals surface area contributed by atoms with Crippen molar-refractivity contribution in [3.05, 3.63) is 0 Å². The minimum atomic E-state index is -1.60. The average molecular weight is 196 g/mol. The fourth-order valence-corrected chi connectivity index (χ4v) is 1.14. The number of aliphatic hydroxyl groups excluding tert-OH is 4. The van der Waals surface area contributed by atoms with Crippen molar-refractivity contribution in [1.29, 1.82) is 0 Å². The van der Waals surface area contributed by atoms with Crippen LogP contribution < -0.4 is 0 Å². The van der Waals surface area contributed by atoms with E-state index >= 15 is 0 Å². The molecule has 1 unspecified atom stereocenters. The molecule has 0 aromatic rings. The number of hydrogen-bond donors (Lipinski definition) is 5. The highest BCUT2D eigenvalue weighted by Gasteiger charge is 2.42. The van der Waals surface area contributed by atoms with Gasteiger partial charge in [-0.2, -0.15) is 0 Å². The Bertz CT molecular complexity index is 163. The molecule has 7 nitrogen and oxygen atoms in total. The van der Waals surface area contributed by atoms with Gasteiger partial charge < -0.3 is 25.2 Å². The summed E-state index contributed by atoms with van der Waals surface area (Å²) in [7, 11) is 0. The van der Waals surface area contributed by atoms with Crippen molar-refractivity contribution < 1.29 is 35.3 Å². The Kier molecular flexibility index (Phi) is 3.56. The topological polar surface area (TPSA) is 120 Å². The number of rotatable bonds is 2. The average Bonchev–Trinajstić information content (AvgIpc) is 2.11. The highest BCUT2D eigenvalue weighted by atomic mass is 17.1. The lowest BCUT2D eigenvalue weighted by atomic mass is 9.99. The Morgan fingerprint density at radius 1 is 1.00 bits per heavy atom. The lowest BCUT2D eigenvalue weighted by Gasteiger charge is -2.37. The summed E-state index contributed by atoms with van der Waals surface area (Å²) in [4.78, 5) is 3.69. The summed E-state index contributed by atoms with van der Waals surface area (Å²) in [6, 6.07) is 0.